The molecule has 0 bridgehead atoms. The fourth-order valence-corrected chi connectivity index (χ4v) is 6.56. The summed E-state index contributed by atoms with van der Waals surface area (Å²) in [6.07, 6.45) is 1.37. The van der Waals surface area contributed by atoms with E-state index >= 15 is 0 Å². The Labute approximate surface area is 244 Å². The van der Waals surface area contributed by atoms with E-state index in [0.717, 1.165) is 0 Å². The number of non-ortho nitro benzene ring substituents is 1. The third-order valence-electron chi connectivity index (χ3n) is 7.25. The molecule has 2 amide bonds. The number of benzene rings is 3. The van der Waals surface area contributed by atoms with Gasteiger partial charge in [-0.1, -0.05) is 37.3 Å². The lowest BCUT2D eigenvalue weighted by molar-refractivity contribution is -0.384. The van der Waals surface area contributed by atoms with Crippen LogP contribution in [0.5, 0.6) is 0 Å². The van der Waals surface area contributed by atoms with Crippen LogP contribution in [0, 0.1) is 15.9 Å². The highest BCUT2D eigenvalue weighted by Gasteiger charge is 2.33. The molecular formula is C30H33FN4O6S. The van der Waals surface area contributed by atoms with Crippen molar-refractivity contribution in [2.24, 2.45) is 0 Å². The number of hydrogen-bond acceptors (Lipinski definition) is 6. The smallest absolute Gasteiger partial charge is 0.269 e. The summed E-state index contributed by atoms with van der Waals surface area (Å²) < 4.78 is 42.0. The van der Waals surface area contributed by atoms with Gasteiger partial charge in [-0.15, -0.1) is 0 Å². The number of sulfonamides is 1. The van der Waals surface area contributed by atoms with Gasteiger partial charge in [-0.2, -0.15) is 4.31 Å². The molecule has 0 spiro atoms. The molecule has 10 nitrogen and oxygen atoms in total. The van der Waals surface area contributed by atoms with Crippen molar-refractivity contribution < 1.29 is 27.3 Å². The number of likely N-dealkylation sites (tertiary alicyclic amines) is 1. The molecule has 0 atom stereocenters. The number of carbonyl (C=O) groups is 2. The molecule has 0 unspecified atom stereocenters. The predicted molar refractivity (Wildman–Crippen MR) is 154 cm³/mol. The molecule has 1 fully saturated rings. The van der Waals surface area contributed by atoms with Crippen molar-refractivity contribution in [3.63, 3.8) is 0 Å². The van der Waals surface area contributed by atoms with Crippen molar-refractivity contribution in [2.45, 2.75) is 43.7 Å². The van der Waals surface area contributed by atoms with Crippen molar-refractivity contribution in [1.82, 2.24) is 14.1 Å². The maximum absolute atomic E-state index is 14.0. The topological polar surface area (TPSA) is 121 Å². The average molecular weight is 597 g/mol. The minimum atomic E-state index is -3.93. The standard InChI is InChI=1S/C30H33FN4O6S/c1-2-17-33(42(40,41)28-9-4-3-5-10-28)22-29(36)34(21-23-7-6-8-25(31)20-23)26-15-18-32(19-16-26)30(37)24-11-13-27(14-12-24)35(38)39/h3-14,20,26H,2,15-19,21-22H2,1H3. The molecule has 0 radical (unpaired) electrons. The van der Waals surface area contributed by atoms with Gasteiger partial charge in [-0.05, 0) is 61.2 Å². The molecular weight excluding hydrogens is 563 g/mol. The first kappa shape index (κ1) is 30.8. The summed E-state index contributed by atoms with van der Waals surface area (Å²) in [5.74, 6) is -1.12. The van der Waals surface area contributed by atoms with Gasteiger partial charge in [0.15, 0.2) is 0 Å². The highest BCUT2D eigenvalue weighted by molar-refractivity contribution is 7.89. The van der Waals surface area contributed by atoms with Crippen LogP contribution in [0.1, 0.15) is 42.1 Å². The SMILES string of the molecule is CCCN(CC(=O)N(Cc1cccc(F)c1)C1CCN(C(=O)c2ccc([N+](=O)[O-])cc2)CC1)S(=O)(=O)c1ccccc1. The maximum Gasteiger partial charge on any atom is 0.269 e. The van der Waals surface area contributed by atoms with E-state index in [4.69, 9.17) is 0 Å². The quantitative estimate of drug-likeness (QED) is 0.238. The van der Waals surface area contributed by atoms with Crippen molar-refractivity contribution in [3.05, 3.63) is 106 Å². The maximum atomic E-state index is 14.0. The Morgan fingerprint density at radius 1 is 1.00 bits per heavy atom. The molecule has 0 aliphatic carbocycles. The van der Waals surface area contributed by atoms with Crippen LogP contribution in [-0.2, 0) is 21.4 Å². The lowest BCUT2D eigenvalue weighted by atomic mass is 10.0. The highest BCUT2D eigenvalue weighted by atomic mass is 32.2. The normalized spacial score (nSPS) is 14.1. The van der Waals surface area contributed by atoms with Crippen molar-refractivity contribution in [3.8, 4) is 0 Å². The number of nitro groups is 1. The lowest BCUT2D eigenvalue weighted by Gasteiger charge is -2.39. The summed E-state index contributed by atoms with van der Waals surface area (Å²) in [7, 11) is -3.93. The minimum Gasteiger partial charge on any atom is -0.338 e. The summed E-state index contributed by atoms with van der Waals surface area (Å²) in [5.41, 5.74) is 0.789. The summed E-state index contributed by atoms with van der Waals surface area (Å²) in [6, 6.07) is 19.0. The summed E-state index contributed by atoms with van der Waals surface area (Å²) in [6.45, 7) is 2.35. The van der Waals surface area contributed by atoms with Gasteiger partial charge in [-0.25, -0.2) is 12.8 Å². The first-order valence-corrected chi connectivity index (χ1v) is 15.2. The van der Waals surface area contributed by atoms with Crippen LogP contribution < -0.4 is 0 Å². The Bertz CT molecular complexity index is 1510. The van der Waals surface area contributed by atoms with E-state index in [1.165, 1.54) is 52.8 Å². The van der Waals surface area contributed by atoms with Crippen LogP contribution in [-0.4, -0.2) is 71.5 Å². The third kappa shape index (κ3) is 7.37. The zero-order chi connectivity index (χ0) is 30.3. The summed E-state index contributed by atoms with van der Waals surface area (Å²) >= 11 is 0. The average Bonchev–Trinajstić information content (AvgIpc) is 3.00. The number of amides is 2. The van der Waals surface area contributed by atoms with Crippen LogP contribution in [0.15, 0.2) is 83.8 Å². The van der Waals surface area contributed by atoms with Crippen molar-refractivity contribution in [1.29, 1.82) is 0 Å². The second kappa shape index (κ2) is 13.7. The van der Waals surface area contributed by atoms with Gasteiger partial charge in [-0.3, -0.25) is 19.7 Å². The van der Waals surface area contributed by atoms with Gasteiger partial charge in [0.25, 0.3) is 11.6 Å². The molecule has 1 heterocycles. The number of piperidine rings is 1. The molecule has 0 N–H and O–H groups in total. The highest BCUT2D eigenvalue weighted by Crippen LogP contribution is 2.24. The van der Waals surface area contributed by atoms with E-state index in [2.05, 4.69) is 0 Å². The zero-order valence-electron chi connectivity index (χ0n) is 23.3. The van der Waals surface area contributed by atoms with E-state index in [9.17, 15) is 32.5 Å². The molecule has 1 saturated heterocycles. The van der Waals surface area contributed by atoms with Crippen molar-refractivity contribution in [2.75, 3.05) is 26.2 Å². The second-order valence-electron chi connectivity index (χ2n) is 10.1. The molecule has 0 aromatic heterocycles. The van der Waals surface area contributed by atoms with Gasteiger partial charge in [0, 0.05) is 49.9 Å². The minimum absolute atomic E-state index is 0.0862. The number of carbonyl (C=O) groups excluding carboxylic acids is 2. The number of rotatable bonds is 11. The second-order valence-corrected chi connectivity index (χ2v) is 12.1. The fourth-order valence-electron chi connectivity index (χ4n) is 5.06. The van der Waals surface area contributed by atoms with Crippen LogP contribution >= 0.6 is 0 Å². The first-order chi connectivity index (χ1) is 20.1. The molecule has 3 aromatic carbocycles. The molecule has 12 heteroatoms. The van der Waals surface area contributed by atoms with Crippen LogP contribution in [0.2, 0.25) is 0 Å². The number of nitrogens with zero attached hydrogens (tertiary/aromatic N) is 4. The van der Waals surface area contributed by atoms with Gasteiger partial charge < -0.3 is 9.80 Å². The first-order valence-electron chi connectivity index (χ1n) is 13.7. The number of hydrogen-bond donors (Lipinski definition) is 0. The third-order valence-corrected chi connectivity index (χ3v) is 9.10. The van der Waals surface area contributed by atoms with Gasteiger partial charge in [0.05, 0.1) is 16.4 Å². The molecule has 4 rings (SSSR count). The summed E-state index contributed by atoms with van der Waals surface area (Å²) in [5, 5.41) is 10.9. The van der Waals surface area contributed by atoms with E-state index in [-0.39, 0.29) is 42.2 Å². The Morgan fingerprint density at radius 2 is 1.67 bits per heavy atom. The van der Waals surface area contributed by atoms with E-state index in [1.54, 1.807) is 40.1 Å². The fraction of sp³-hybridized carbons (Fsp3) is 0.333. The molecule has 0 saturated carbocycles. The zero-order valence-corrected chi connectivity index (χ0v) is 24.1. The van der Waals surface area contributed by atoms with Gasteiger partial charge in [0.1, 0.15) is 5.82 Å². The van der Waals surface area contributed by atoms with Crippen LogP contribution in [0.25, 0.3) is 0 Å². The summed E-state index contributed by atoms with van der Waals surface area (Å²) in [4.78, 5) is 40.6. The molecule has 222 valence electrons. The molecule has 42 heavy (non-hydrogen) atoms. The molecule has 3 aromatic rings. The van der Waals surface area contributed by atoms with E-state index in [0.29, 0.717) is 43.5 Å². The van der Waals surface area contributed by atoms with Crippen LogP contribution in [0.3, 0.4) is 0 Å². The largest absolute Gasteiger partial charge is 0.338 e. The number of halogens is 1. The Morgan fingerprint density at radius 3 is 2.26 bits per heavy atom. The molecule has 1 aliphatic rings. The van der Waals surface area contributed by atoms with Crippen LogP contribution in [0.4, 0.5) is 10.1 Å². The predicted octanol–water partition coefficient (Wildman–Crippen LogP) is 4.47. The Hall–Kier alpha value is -4.16. The van der Waals surface area contributed by atoms with Gasteiger partial charge >= 0.3 is 0 Å². The monoisotopic (exact) mass is 596 g/mol. The van der Waals surface area contributed by atoms with E-state index in [1.807, 2.05) is 6.92 Å². The van der Waals surface area contributed by atoms with Gasteiger partial charge in [0.2, 0.25) is 15.9 Å². The molecule has 1 aliphatic heterocycles. The lowest BCUT2D eigenvalue weighted by Crippen LogP contribution is -2.51. The Balaban J connectivity index is 1.52. The Kier molecular flexibility index (Phi) is 10.0. The van der Waals surface area contributed by atoms with Crippen molar-refractivity contribution >= 4 is 27.5 Å². The van der Waals surface area contributed by atoms with E-state index < -0.39 is 26.7 Å². The number of nitro benzene ring substituents is 1.